The van der Waals surface area contributed by atoms with Gasteiger partial charge in [-0.05, 0) is 178 Å². The summed E-state index contributed by atoms with van der Waals surface area (Å²) in [4.78, 5) is 0. The quantitative estimate of drug-likeness (QED) is 0.115. The van der Waals surface area contributed by atoms with Crippen molar-refractivity contribution in [3.63, 3.8) is 0 Å². The van der Waals surface area contributed by atoms with Crippen LogP contribution in [0.5, 0.6) is 0 Å². The molecule has 3 heterocycles. The zero-order valence-corrected chi connectivity index (χ0v) is 36.9. The molecule has 0 atom stereocenters. The molecule has 66 heavy (non-hydrogen) atoms. The molecule has 0 fully saturated rings. The fraction of sp³-hybridized carbons (Fsp3) is 0.143. The highest BCUT2D eigenvalue weighted by atomic mass is 16.3. The van der Waals surface area contributed by atoms with Gasteiger partial charge in [0, 0.05) is 32.3 Å². The molecule has 318 valence electrons. The van der Waals surface area contributed by atoms with Gasteiger partial charge >= 0.3 is 0 Å². The van der Waals surface area contributed by atoms with E-state index in [1.165, 1.54) is 98.0 Å². The lowest BCUT2D eigenvalue weighted by atomic mass is 9.89. The highest BCUT2D eigenvalue weighted by Crippen LogP contribution is 2.38. The minimum atomic E-state index is 0.954. The smallest absolute Gasteiger partial charge is 0.135 e. The third-order valence-corrected chi connectivity index (χ3v) is 14.2. The molecule has 0 amide bonds. The van der Waals surface area contributed by atoms with Crippen molar-refractivity contribution in [1.29, 1.82) is 0 Å². The van der Waals surface area contributed by atoms with E-state index in [0.29, 0.717) is 0 Å². The van der Waals surface area contributed by atoms with Crippen molar-refractivity contribution in [3.8, 4) is 0 Å². The topological polar surface area (TPSA) is 39.4 Å². The first kappa shape index (κ1) is 38.8. The summed E-state index contributed by atoms with van der Waals surface area (Å²) >= 11 is 0. The number of benzene rings is 10. The Labute approximate surface area is 382 Å². The number of hydrogen-bond acceptors (Lipinski definition) is 3. The maximum atomic E-state index is 6.12. The molecule has 3 aromatic heterocycles. The Bertz CT molecular complexity index is 3540. The molecule has 13 aromatic rings. The molecule has 0 N–H and O–H groups in total. The fourth-order valence-corrected chi connectivity index (χ4v) is 10.9. The molecular weight excluding hydrogens is 805 g/mol. The number of hydrogen-bond donors (Lipinski definition) is 0. The Morgan fingerprint density at radius 2 is 0.439 bits per heavy atom. The largest absolute Gasteiger partial charge is 0.456 e. The number of aryl methyl sites for hydroxylation is 6. The molecule has 0 unspecified atom stereocenters. The number of fused-ring (bicyclic) bond motifs is 15. The van der Waals surface area contributed by atoms with E-state index in [1.807, 2.05) is 18.2 Å². The average Bonchev–Trinajstić information content (AvgIpc) is 4.05. The van der Waals surface area contributed by atoms with Gasteiger partial charge in [0.05, 0.1) is 0 Å². The van der Waals surface area contributed by atoms with E-state index in [9.17, 15) is 0 Å². The summed E-state index contributed by atoms with van der Waals surface area (Å²) in [5.41, 5.74) is 14.0. The molecule has 0 aliphatic carbocycles. The van der Waals surface area contributed by atoms with Gasteiger partial charge in [-0.1, -0.05) is 127 Å². The Morgan fingerprint density at radius 1 is 0.197 bits per heavy atom. The van der Waals surface area contributed by atoms with E-state index < -0.39 is 0 Å². The first-order valence-corrected chi connectivity index (χ1v) is 23.8. The van der Waals surface area contributed by atoms with E-state index in [1.54, 1.807) is 0 Å². The van der Waals surface area contributed by atoms with Gasteiger partial charge in [-0.15, -0.1) is 0 Å². The van der Waals surface area contributed by atoms with E-state index in [-0.39, 0.29) is 0 Å². The van der Waals surface area contributed by atoms with E-state index in [0.717, 1.165) is 91.3 Å². The Morgan fingerprint density at radius 3 is 0.742 bits per heavy atom. The molecule has 0 aliphatic heterocycles. The molecule has 3 heteroatoms. The van der Waals surface area contributed by atoms with Crippen molar-refractivity contribution in [1.82, 2.24) is 0 Å². The zero-order chi connectivity index (χ0) is 43.6. The molecule has 13 rings (SSSR count). The molecule has 0 aliphatic rings. The predicted molar refractivity (Wildman–Crippen MR) is 276 cm³/mol. The predicted octanol–water partition coefficient (Wildman–Crippen LogP) is 17.4. The highest BCUT2D eigenvalue weighted by molar-refractivity contribution is 6.25. The van der Waals surface area contributed by atoms with Crippen LogP contribution in [-0.2, 0) is 38.5 Å². The maximum Gasteiger partial charge on any atom is 0.135 e. The van der Waals surface area contributed by atoms with Gasteiger partial charge in [0.15, 0.2) is 0 Å². The molecule has 0 spiro atoms. The number of para-hydroxylation sites is 3. The first-order valence-electron chi connectivity index (χ1n) is 23.8. The van der Waals surface area contributed by atoms with Crippen molar-refractivity contribution in [2.24, 2.45) is 0 Å². The van der Waals surface area contributed by atoms with Crippen LogP contribution in [0.1, 0.15) is 52.6 Å². The summed E-state index contributed by atoms with van der Waals surface area (Å²) in [6.45, 7) is 0. The third kappa shape index (κ3) is 6.98. The van der Waals surface area contributed by atoms with Gasteiger partial charge in [0.1, 0.15) is 33.5 Å². The van der Waals surface area contributed by atoms with E-state index in [4.69, 9.17) is 13.3 Å². The highest BCUT2D eigenvalue weighted by Gasteiger charge is 2.14. The Hall–Kier alpha value is -7.62. The Kier molecular flexibility index (Phi) is 9.48. The molecule has 0 saturated heterocycles. The zero-order valence-electron chi connectivity index (χ0n) is 36.9. The van der Waals surface area contributed by atoms with Crippen LogP contribution in [0.15, 0.2) is 195 Å². The van der Waals surface area contributed by atoms with Crippen LogP contribution in [0.4, 0.5) is 0 Å². The van der Waals surface area contributed by atoms with Crippen LogP contribution in [-0.4, -0.2) is 0 Å². The third-order valence-electron chi connectivity index (χ3n) is 14.2. The Balaban J connectivity index is 0.791. The molecule has 10 aromatic carbocycles. The first-order chi connectivity index (χ1) is 32.6. The van der Waals surface area contributed by atoms with Crippen LogP contribution in [0.25, 0.3) is 98.1 Å². The van der Waals surface area contributed by atoms with Crippen molar-refractivity contribution in [2.75, 3.05) is 0 Å². The van der Waals surface area contributed by atoms with Crippen LogP contribution in [0.2, 0.25) is 0 Å². The van der Waals surface area contributed by atoms with Gasteiger partial charge in [0.2, 0.25) is 0 Å². The lowest BCUT2D eigenvalue weighted by Gasteiger charge is -2.15. The summed E-state index contributed by atoms with van der Waals surface area (Å²) < 4.78 is 18.3. The average molecular weight is 853 g/mol. The summed E-state index contributed by atoms with van der Waals surface area (Å²) in [7, 11) is 0. The van der Waals surface area contributed by atoms with E-state index >= 15 is 0 Å². The van der Waals surface area contributed by atoms with Gasteiger partial charge < -0.3 is 13.3 Å². The van der Waals surface area contributed by atoms with Crippen LogP contribution >= 0.6 is 0 Å². The fourth-order valence-electron chi connectivity index (χ4n) is 10.9. The lowest BCUT2D eigenvalue weighted by molar-refractivity contribution is 0.668. The van der Waals surface area contributed by atoms with Gasteiger partial charge in [-0.25, -0.2) is 0 Å². The summed E-state index contributed by atoms with van der Waals surface area (Å²) in [6, 6.07) is 67.0. The van der Waals surface area contributed by atoms with Crippen LogP contribution in [0, 0.1) is 0 Å². The van der Waals surface area contributed by atoms with Crippen LogP contribution < -0.4 is 0 Å². The van der Waals surface area contributed by atoms with Gasteiger partial charge in [-0.3, -0.25) is 0 Å². The molecule has 0 radical (unpaired) electrons. The van der Waals surface area contributed by atoms with Gasteiger partial charge in [-0.2, -0.15) is 0 Å². The second-order valence-electron chi connectivity index (χ2n) is 18.5. The van der Waals surface area contributed by atoms with E-state index in [2.05, 4.69) is 164 Å². The summed E-state index contributed by atoms with van der Waals surface area (Å²) in [5, 5.41) is 15.3. The standard InChI is InChI=1S/C63H48O3/c1-4-19-58-49(16-1)55-37-43(25-31-61(55)64-58)13-7-10-40-22-28-46-52(34-40)47-29-23-41(11-8-14-44-26-32-62-56(38-44)50-17-2-5-20-59(50)65-62)36-54(47)48-30-24-42(35-53(46)48)12-9-15-45-27-33-63-57(39-45)51-18-3-6-21-60(51)66-63/h1-6,16-39H,7-15H2. The molecular formula is C63H48O3. The molecule has 0 bridgehead atoms. The second-order valence-corrected chi connectivity index (χ2v) is 18.5. The monoisotopic (exact) mass is 852 g/mol. The second kappa shape index (κ2) is 16.1. The number of furan rings is 3. The lowest BCUT2D eigenvalue weighted by Crippen LogP contribution is -1.94. The maximum absolute atomic E-state index is 6.12. The minimum Gasteiger partial charge on any atom is -0.456 e. The normalized spacial score (nSPS) is 12.2. The van der Waals surface area contributed by atoms with Crippen LogP contribution in [0.3, 0.4) is 0 Å². The minimum absolute atomic E-state index is 0.954. The van der Waals surface area contributed by atoms with Crippen molar-refractivity contribution in [3.05, 3.63) is 215 Å². The summed E-state index contributed by atoms with van der Waals surface area (Å²) in [5.74, 6) is 0. The molecule has 0 saturated carbocycles. The van der Waals surface area contributed by atoms with Gasteiger partial charge in [0.25, 0.3) is 0 Å². The molecule has 3 nitrogen and oxygen atoms in total. The number of rotatable bonds is 12. The van der Waals surface area contributed by atoms with Crippen molar-refractivity contribution in [2.45, 2.75) is 57.8 Å². The summed E-state index contributed by atoms with van der Waals surface area (Å²) in [6.07, 6.45) is 9.41. The SMILES string of the molecule is c1ccc2c(c1)oc1ccc(CCCc3ccc4c(c3)c3ccc(CCCc5ccc6oc7ccccc7c6c5)cc3c3ccc(CCCc5ccc6oc7ccccc7c6c5)cc43)cc12. The van der Waals surface area contributed by atoms with Crippen molar-refractivity contribution >= 4 is 98.1 Å². The van der Waals surface area contributed by atoms with Crippen molar-refractivity contribution < 1.29 is 13.3 Å².